The molecule has 0 spiro atoms. The third kappa shape index (κ3) is 3.67. The minimum Gasteiger partial charge on any atom is -0.316 e. The minimum absolute atomic E-state index is 0.258. The molecule has 1 aliphatic heterocycles. The van der Waals surface area contributed by atoms with Gasteiger partial charge in [0.1, 0.15) is 5.78 Å². The lowest BCUT2D eigenvalue weighted by Crippen LogP contribution is -2.34. The summed E-state index contributed by atoms with van der Waals surface area (Å²) in [7, 11) is 0. The largest absolute Gasteiger partial charge is 0.316 e. The van der Waals surface area contributed by atoms with Crippen LogP contribution in [-0.4, -0.2) is 18.9 Å². The van der Waals surface area contributed by atoms with Crippen molar-refractivity contribution in [2.75, 3.05) is 13.1 Å². The third-order valence-corrected chi connectivity index (χ3v) is 3.49. The zero-order valence-corrected chi connectivity index (χ0v) is 10.5. The van der Waals surface area contributed by atoms with Gasteiger partial charge in [0, 0.05) is 18.9 Å². The van der Waals surface area contributed by atoms with Gasteiger partial charge in [-0.05, 0) is 38.3 Å². The van der Waals surface area contributed by atoms with Crippen LogP contribution in [0.15, 0.2) is 24.3 Å². The van der Waals surface area contributed by atoms with E-state index in [4.69, 9.17) is 0 Å². The van der Waals surface area contributed by atoms with Gasteiger partial charge in [-0.25, -0.2) is 0 Å². The summed E-state index contributed by atoms with van der Waals surface area (Å²) < 4.78 is 0. The van der Waals surface area contributed by atoms with Gasteiger partial charge < -0.3 is 5.32 Å². The van der Waals surface area contributed by atoms with Crippen molar-refractivity contribution < 1.29 is 4.79 Å². The van der Waals surface area contributed by atoms with Crippen LogP contribution in [0.5, 0.6) is 0 Å². The highest BCUT2D eigenvalue weighted by Gasteiger charge is 2.20. The molecule has 1 atom stereocenters. The quantitative estimate of drug-likeness (QED) is 0.862. The molecule has 1 aromatic carbocycles. The average molecular weight is 231 g/mol. The second-order valence-electron chi connectivity index (χ2n) is 5.00. The average Bonchev–Trinajstić information content (AvgIpc) is 2.37. The highest BCUT2D eigenvalue weighted by Crippen LogP contribution is 2.15. The van der Waals surface area contributed by atoms with Gasteiger partial charge in [-0.15, -0.1) is 0 Å². The van der Waals surface area contributed by atoms with Crippen molar-refractivity contribution in [1.82, 2.24) is 5.32 Å². The maximum Gasteiger partial charge on any atom is 0.137 e. The second-order valence-corrected chi connectivity index (χ2v) is 5.00. The van der Waals surface area contributed by atoms with Crippen LogP contribution in [-0.2, 0) is 11.2 Å². The normalized spacial score (nSPS) is 20.2. The first-order chi connectivity index (χ1) is 8.25. The zero-order valence-electron chi connectivity index (χ0n) is 10.5. The first kappa shape index (κ1) is 12.3. The van der Waals surface area contributed by atoms with Crippen LogP contribution in [0.25, 0.3) is 0 Å². The van der Waals surface area contributed by atoms with E-state index in [1.165, 1.54) is 11.1 Å². The van der Waals surface area contributed by atoms with Crippen molar-refractivity contribution in [2.45, 2.75) is 32.6 Å². The van der Waals surface area contributed by atoms with Crippen LogP contribution in [0.2, 0.25) is 0 Å². The number of rotatable bonds is 4. The van der Waals surface area contributed by atoms with Crippen LogP contribution in [0.1, 0.15) is 30.4 Å². The molecule has 17 heavy (non-hydrogen) atoms. The minimum atomic E-state index is 0.258. The van der Waals surface area contributed by atoms with E-state index in [2.05, 4.69) is 36.5 Å². The number of nitrogens with one attached hydrogen (secondary N) is 1. The molecule has 1 aromatic rings. The summed E-state index contributed by atoms with van der Waals surface area (Å²) in [5, 5.41) is 3.30. The van der Waals surface area contributed by atoms with Gasteiger partial charge in [-0.1, -0.05) is 29.8 Å². The fraction of sp³-hybridized carbons (Fsp3) is 0.533. The number of Topliss-reactive ketones (excluding diaryl/α,β-unsaturated/α-hetero) is 1. The van der Waals surface area contributed by atoms with E-state index < -0.39 is 0 Å². The molecule has 1 saturated heterocycles. The summed E-state index contributed by atoms with van der Waals surface area (Å²) in [5.74, 6) is 0.687. The van der Waals surface area contributed by atoms with E-state index in [-0.39, 0.29) is 5.92 Å². The predicted octanol–water partition coefficient (Wildman–Crippen LogP) is 2.50. The maximum atomic E-state index is 12.0. The van der Waals surface area contributed by atoms with Crippen molar-refractivity contribution in [3.8, 4) is 0 Å². The van der Waals surface area contributed by atoms with E-state index >= 15 is 0 Å². The van der Waals surface area contributed by atoms with Gasteiger partial charge in [0.15, 0.2) is 0 Å². The Hall–Kier alpha value is -1.15. The fourth-order valence-corrected chi connectivity index (χ4v) is 2.47. The molecule has 0 radical (unpaired) electrons. The molecule has 1 heterocycles. The Morgan fingerprint density at radius 1 is 1.47 bits per heavy atom. The van der Waals surface area contributed by atoms with Crippen molar-refractivity contribution in [1.29, 1.82) is 0 Å². The molecule has 0 aliphatic carbocycles. The van der Waals surface area contributed by atoms with Crippen LogP contribution in [0.3, 0.4) is 0 Å². The summed E-state index contributed by atoms with van der Waals surface area (Å²) in [6.07, 6.45) is 3.79. The number of piperidine rings is 1. The summed E-state index contributed by atoms with van der Waals surface area (Å²) >= 11 is 0. The summed E-state index contributed by atoms with van der Waals surface area (Å²) in [6, 6.07) is 8.44. The number of hydrogen-bond acceptors (Lipinski definition) is 2. The monoisotopic (exact) mass is 231 g/mol. The molecular formula is C15H21NO. The third-order valence-electron chi connectivity index (χ3n) is 3.49. The SMILES string of the molecule is Cc1cccc(CCC(=O)C2CCCNC2)c1. The number of benzene rings is 1. The molecule has 2 rings (SSSR count). The predicted molar refractivity (Wildman–Crippen MR) is 70.1 cm³/mol. The van der Waals surface area contributed by atoms with E-state index in [1.54, 1.807) is 0 Å². The Morgan fingerprint density at radius 2 is 2.35 bits per heavy atom. The molecule has 1 fully saturated rings. The Bertz CT molecular complexity index is 380. The molecule has 0 bridgehead atoms. The highest BCUT2D eigenvalue weighted by molar-refractivity contribution is 5.81. The number of hydrogen-bond donors (Lipinski definition) is 1. The van der Waals surface area contributed by atoms with Crippen LogP contribution in [0, 0.1) is 12.8 Å². The van der Waals surface area contributed by atoms with Gasteiger partial charge >= 0.3 is 0 Å². The molecule has 1 unspecified atom stereocenters. The van der Waals surface area contributed by atoms with Gasteiger partial charge in [-0.3, -0.25) is 4.79 Å². The first-order valence-corrected chi connectivity index (χ1v) is 6.54. The van der Waals surface area contributed by atoms with Crippen LogP contribution in [0.4, 0.5) is 0 Å². The first-order valence-electron chi connectivity index (χ1n) is 6.54. The summed E-state index contributed by atoms with van der Waals surface area (Å²) in [4.78, 5) is 12.0. The maximum absolute atomic E-state index is 12.0. The van der Waals surface area contributed by atoms with Gasteiger partial charge in [0.25, 0.3) is 0 Å². The van der Waals surface area contributed by atoms with Crippen molar-refractivity contribution >= 4 is 5.78 Å². The highest BCUT2D eigenvalue weighted by atomic mass is 16.1. The Labute approximate surface area is 103 Å². The fourth-order valence-electron chi connectivity index (χ4n) is 2.47. The molecule has 2 nitrogen and oxygen atoms in total. The second kappa shape index (κ2) is 5.97. The van der Waals surface area contributed by atoms with Gasteiger partial charge in [0.2, 0.25) is 0 Å². The topological polar surface area (TPSA) is 29.1 Å². The van der Waals surface area contributed by atoms with E-state index in [1.807, 2.05) is 0 Å². The Kier molecular flexibility index (Phi) is 4.32. The smallest absolute Gasteiger partial charge is 0.137 e. The van der Waals surface area contributed by atoms with Gasteiger partial charge in [0.05, 0.1) is 0 Å². The number of carbonyl (C=O) groups excluding carboxylic acids is 1. The number of ketones is 1. The molecule has 92 valence electrons. The van der Waals surface area contributed by atoms with Crippen molar-refractivity contribution in [3.63, 3.8) is 0 Å². The summed E-state index contributed by atoms with van der Waals surface area (Å²) in [5.41, 5.74) is 2.55. The van der Waals surface area contributed by atoms with Gasteiger partial charge in [-0.2, -0.15) is 0 Å². The molecule has 2 heteroatoms. The lowest BCUT2D eigenvalue weighted by Gasteiger charge is -2.21. The Morgan fingerprint density at radius 3 is 3.06 bits per heavy atom. The van der Waals surface area contributed by atoms with Crippen molar-refractivity contribution in [3.05, 3.63) is 35.4 Å². The van der Waals surface area contributed by atoms with E-state index in [9.17, 15) is 4.79 Å². The molecular weight excluding hydrogens is 210 g/mol. The van der Waals surface area contributed by atoms with Crippen LogP contribution >= 0.6 is 0 Å². The lowest BCUT2D eigenvalue weighted by atomic mass is 9.91. The summed E-state index contributed by atoms with van der Waals surface area (Å²) in [6.45, 7) is 4.05. The molecule has 1 N–H and O–H groups in total. The number of aryl methyl sites for hydroxylation is 2. The zero-order chi connectivity index (χ0) is 12.1. The van der Waals surface area contributed by atoms with Crippen molar-refractivity contribution in [2.24, 2.45) is 5.92 Å². The standard InChI is InChI=1S/C15H21NO/c1-12-4-2-5-13(10-12)7-8-15(17)14-6-3-9-16-11-14/h2,4-5,10,14,16H,3,6-9,11H2,1H3. The molecule has 0 amide bonds. The number of carbonyl (C=O) groups is 1. The van der Waals surface area contributed by atoms with E-state index in [0.29, 0.717) is 12.2 Å². The van der Waals surface area contributed by atoms with Crippen LogP contribution < -0.4 is 5.32 Å². The Balaban J connectivity index is 1.83. The molecule has 1 aliphatic rings. The molecule has 0 saturated carbocycles. The lowest BCUT2D eigenvalue weighted by molar-refractivity contribution is -0.123. The molecule has 0 aromatic heterocycles. The van der Waals surface area contributed by atoms with E-state index in [0.717, 1.165) is 32.4 Å².